The lowest BCUT2D eigenvalue weighted by Crippen LogP contribution is -2.32. The van der Waals surface area contributed by atoms with Crippen LogP contribution in [0.2, 0.25) is 0 Å². The molecule has 0 unspecified atom stereocenters. The van der Waals surface area contributed by atoms with Gasteiger partial charge in [0.1, 0.15) is 5.75 Å². The number of methoxy groups -OCH3 is 1. The summed E-state index contributed by atoms with van der Waals surface area (Å²) in [4.78, 5) is 4.58. The van der Waals surface area contributed by atoms with Gasteiger partial charge in [0.25, 0.3) is 0 Å². The summed E-state index contributed by atoms with van der Waals surface area (Å²) >= 11 is 0. The van der Waals surface area contributed by atoms with Crippen molar-refractivity contribution in [1.82, 2.24) is 4.98 Å². The Morgan fingerprint density at radius 2 is 1.89 bits per heavy atom. The summed E-state index contributed by atoms with van der Waals surface area (Å²) in [5.41, 5.74) is 9.49. The van der Waals surface area contributed by atoms with Gasteiger partial charge in [-0.15, -0.1) is 0 Å². The van der Waals surface area contributed by atoms with E-state index in [0.717, 1.165) is 41.8 Å². The van der Waals surface area contributed by atoms with Crippen LogP contribution in [0.5, 0.6) is 5.75 Å². The first-order valence-corrected chi connectivity index (χ1v) is 6.72. The molecule has 0 radical (unpaired) electrons. The van der Waals surface area contributed by atoms with Gasteiger partial charge < -0.3 is 10.5 Å². The first-order valence-electron chi connectivity index (χ1n) is 6.72. The van der Waals surface area contributed by atoms with E-state index in [1.54, 1.807) is 7.11 Å². The van der Waals surface area contributed by atoms with Crippen LogP contribution in [-0.2, 0) is 6.42 Å². The summed E-state index contributed by atoms with van der Waals surface area (Å²) in [6.45, 7) is 9.23. The van der Waals surface area contributed by atoms with Gasteiger partial charge in [0, 0.05) is 23.0 Å². The van der Waals surface area contributed by atoms with E-state index in [2.05, 4.69) is 25.8 Å². The van der Waals surface area contributed by atoms with Crippen molar-refractivity contribution in [3.63, 3.8) is 0 Å². The van der Waals surface area contributed by atoms with Crippen molar-refractivity contribution in [2.75, 3.05) is 13.7 Å². The van der Waals surface area contributed by atoms with Gasteiger partial charge in [0.2, 0.25) is 0 Å². The zero-order valence-corrected chi connectivity index (χ0v) is 12.3. The zero-order valence-electron chi connectivity index (χ0n) is 12.3. The van der Waals surface area contributed by atoms with Crippen molar-refractivity contribution in [3.8, 4) is 5.75 Å². The summed E-state index contributed by atoms with van der Waals surface area (Å²) < 4.78 is 5.46. The predicted octanol–water partition coefficient (Wildman–Crippen LogP) is 3.01. The van der Waals surface area contributed by atoms with Crippen LogP contribution in [0.1, 0.15) is 43.5 Å². The molecule has 0 saturated carbocycles. The molecule has 1 aromatic rings. The van der Waals surface area contributed by atoms with E-state index in [1.165, 1.54) is 0 Å². The summed E-state index contributed by atoms with van der Waals surface area (Å²) in [5.74, 6) is 0.957. The predicted molar refractivity (Wildman–Crippen MR) is 76.0 cm³/mol. The van der Waals surface area contributed by atoms with Crippen LogP contribution in [0.3, 0.4) is 0 Å². The van der Waals surface area contributed by atoms with Crippen LogP contribution in [0.25, 0.3) is 0 Å². The quantitative estimate of drug-likeness (QED) is 0.844. The van der Waals surface area contributed by atoms with Crippen molar-refractivity contribution >= 4 is 0 Å². The molecule has 0 aliphatic rings. The molecule has 0 aromatic carbocycles. The van der Waals surface area contributed by atoms with Crippen LogP contribution < -0.4 is 10.5 Å². The maximum Gasteiger partial charge on any atom is 0.128 e. The molecule has 0 atom stereocenters. The number of aryl methyl sites for hydroxylation is 1. The monoisotopic (exact) mass is 250 g/mol. The molecular formula is C15H26N2O. The van der Waals surface area contributed by atoms with E-state index in [4.69, 9.17) is 10.5 Å². The average Bonchev–Trinajstić information content (AvgIpc) is 2.39. The molecule has 102 valence electrons. The molecule has 0 saturated heterocycles. The Bertz CT molecular complexity index is 389. The fourth-order valence-corrected chi connectivity index (χ4v) is 2.47. The minimum Gasteiger partial charge on any atom is -0.496 e. The van der Waals surface area contributed by atoms with Gasteiger partial charge in [-0.05, 0) is 45.1 Å². The highest BCUT2D eigenvalue weighted by Gasteiger charge is 2.26. The normalized spacial score (nSPS) is 11.7. The minimum atomic E-state index is 0.165. The van der Waals surface area contributed by atoms with Crippen molar-refractivity contribution < 1.29 is 4.74 Å². The van der Waals surface area contributed by atoms with Gasteiger partial charge in [-0.2, -0.15) is 0 Å². The Hall–Kier alpha value is -1.09. The summed E-state index contributed by atoms with van der Waals surface area (Å²) in [7, 11) is 1.72. The Morgan fingerprint density at radius 3 is 2.33 bits per heavy atom. The third-order valence-electron chi connectivity index (χ3n) is 4.23. The van der Waals surface area contributed by atoms with Crippen LogP contribution in [0.15, 0.2) is 6.20 Å². The summed E-state index contributed by atoms with van der Waals surface area (Å²) in [5, 5.41) is 0. The fourth-order valence-electron chi connectivity index (χ4n) is 2.47. The lowest BCUT2D eigenvalue weighted by atomic mass is 9.77. The molecule has 1 rings (SSSR count). The van der Waals surface area contributed by atoms with E-state index in [-0.39, 0.29) is 5.41 Å². The number of hydrogen-bond donors (Lipinski definition) is 1. The number of pyridine rings is 1. The number of hydrogen-bond acceptors (Lipinski definition) is 3. The molecule has 0 spiro atoms. The van der Waals surface area contributed by atoms with Gasteiger partial charge >= 0.3 is 0 Å². The van der Waals surface area contributed by atoms with Crippen LogP contribution in [0.4, 0.5) is 0 Å². The molecule has 0 aliphatic carbocycles. The topological polar surface area (TPSA) is 48.1 Å². The highest BCUT2D eigenvalue weighted by atomic mass is 16.5. The molecule has 0 amide bonds. The maximum absolute atomic E-state index is 5.97. The van der Waals surface area contributed by atoms with E-state index in [1.807, 2.05) is 13.1 Å². The number of aromatic nitrogens is 1. The number of nitrogens with zero attached hydrogens (tertiary/aromatic N) is 1. The zero-order chi connectivity index (χ0) is 13.8. The van der Waals surface area contributed by atoms with Gasteiger partial charge in [-0.25, -0.2) is 0 Å². The molecule has 18 heavy (non-hydrogen) atoms. The Kier molecular flexibility index (Phi) is 5.15. The standard InChI is InChI=1S/C15H26N2O/c1-6-15(7-2,10-16)8-13-12(4)14(18-5)11(3)9-17-13/h9H,6-8,10,16H2,1-5H3. The lowest BCUT2D eigenvalue weighted by molar-refractivity contribution is 0.267. The molecule has 0 aliphatic heterocycles. The van der Waals surface area contributed by atoms with Crippen molar-refractivity contribution in [2.24, 2.45) is 11.1 Å². The van der Waals surface area contributed by atoms with Crippen molar-refractivity contribution in [2.45, 2.75) is 47.0 Å². The van der Waals surface area contributed by atoms with Crippen LogP contribution in [0, 0.1) is 19.3 Å². The number of rotatable bonds is 6. The molecule has 3 nitrogen and oxygen atoms in total. The molecule has 3 heteroatoms. The number of ether oxygens (including phenoxy) is 1. The van der Waals surface area contributed by atoms with E-state index in [9.17, 15) is 0 Å². The Labute approximate surface area is 111 Å². The first kappa shape index (κ1) is 15.0. The third-order valence-corrected chi connectivity index (χ3v) is 4.23. The molecule has 2 N–H and O–H groups in total. The second-order valence-electron chi connectivity index (χ2n) is 5.13. The van der Waals surface area contributed by atoms with E-state index < -0.39 is 0 Å². The van der Waals surface area contributed by atoms with Crippen molar-refractivity contribution in [1.29, 1.82) is 0 Å². The second kappa shape index (κ2) is 6.19. The Balaban J connectivity index is 3.11. The lowest BCUT2D eigenvalue weighted by Gasteiger charge is -2.30. The highest BCUT2D eigenvalue weighted by Crippen LogP contribution is 2.33. The average molecular weight is 250 g/mol. The minimum absolute atomic E-state index is 0.165. The summed E-state index contributed by atoms with van der Waals surface area (Å²) in [6.07, 6.45) is 4.99. The SMILES string of the molecule is CCC(CC)(CN)Cc1ncc(C)c(OC)c1C. The fraction of sp³-hybridized carbons (Fsp3) is 0.667. The molecule has 1 heterocycles. The molecular weight excluding hydrogens is 224 g/mol. The third kappa shape index (κ3) is 2.83. The summed E-state index contributed by atoms with van der Waals surface area (Å²) in [6, 6.07) is 0. The van der Waals surface area contributed by atoms with Crippen LogP contribution >= 0.6 is 0 Å². The highest BCUT2D eigenvalue weighted by molar-refractivity contribution is 5.41. The van der Waals surface area contributed by atoms with Gasteiger partial charge in [-0.1, -0.05) is 13.8 Å². The van der Waals surface area contributed by atoms with Gasteiger partial charge in [0.15, 0.2) is 0 Å². The maximum atomic E-state index is 5.97. The largest absolute Gasteiger partial charge is 0.496 e. The van der Waals surface area contributed by atoms with Gasteiger partial charge in [0.05, 0.1) is 7.11 Å². The van der Waals surface area contributed by atoms with Crippen molar-refractivity contribution in [3.05, 3.63) is 23.0 Å². The molecule has 0 fully saturated rings. The molecule has 0 bridgehead atoms. The van der Waals surface area contributed by atoms with E-state index >= 15 is 0 Å². The Morgan fingerprint density at radius 1 is 1.28 bits per heavy atom. The smallest absolute Gasteiger partial charge is 0.128 e. The van der Waals surface area contributed by atoms with Gasteiger partial charge in [-0.3, -0.25) is 4.98 Å². The van der Waals surface area contributed by atoms with E-state index in [0.29, 0.717) is 6.54 Å². The number of nitrogens with two attached hydrogens (primary N) is 1. The first-order chi connectivity index (χ1) is 8.53. The second-order valence-corrected chi connectivity index (χ2v) is 5.13. The molecule has 1 aromatic heterocycles. The van der Waals surface area contributed by atoms with Crippen LogP contribution in [-0.4, -0.2) is 18.6 Å².